The smallest absolute Gasteiger partial charge is 0.0925 e. The van der Waals surface area contributed by atoms with E-state index in [2.05, 4.69) is 31.9 Å². The summed E-state index contributed by atoms with van der Waals surface area (Å²) in [6, 6.07) is 7.92. The number of aryl methyl sites for hydroxylation is 1. The molecule has 0 radical (unpaired) electrons. The Bertz CT molecular complexity index is 719. The van der Waals surface area contributed by atoms with Crippen LogP contribution in [-0.4, -0.2) is 31.9 Å². The van der Waals surface area contributed by atoms with E-state index in [0.29, 0.717) is 0 Å². The highest BCUT2D eigenvalue weighted by Gasteiger charge is 2.07. The number of aromatic amines is 1. The SMILES string of the molecule is Cc1[nH]cnc1CN(C)Cc1cnc2ccccc2n1. The Morgan fingerprint density at radius 2 is 1.90 bits per heavy atom. The molecule has 3 rings (SSSR count). The number of hydrogen-bond acceptors (Lipinski definition) is 4. The molecule has 1 N–H and O–H groups in total. The molecule has 5 heteroatoms. The lowest BCUT2D eigenvalue weighted by molar-refractivity contribution is 0.311. The molecule has 1 aromatic carbocycles. The monoisotopic (exact) mass is 267 g/mol. The van der Waals surface area contributed by atoms with E-state index < -0.39 is 0 Å². The standard InChI is InChI=1S/C15H17N5/c1-11-15(18-10-17-11)9-20(2)8-12-7-16-13-5-3-4-6-14(13)19-12/h3-7,10H,8-9H2,1-2H3,(H,17,18). The van der Waals surface area contributed by atoms with Crippen molar-refractivity contribution >= 4 is 11.0 Å². The second-order valence-electron chi connectivity index (χ2n) is 5.00. The lowest BCUT2D eigenvalue weighted by Gasteiger charge is -2.15. The van der Waals surface area contributed by atoms with Crippen molar-refractivity contribution in [2.45, 2.75) is 20.0 Å². The van der Waals surface area contributed by atoms with E-state index in [-0.39, 0.29) is 0 Å². The molecule has 0 bridgehead atoms. The Hall–Kier alpha value is -2.27. The maximum Gasteiger partial charge on any atom is 0.0925 e. The zero-order chi connectivity index (χ0) is 13.9. The van der Waals surface area contributed by atoms with Crippen LogP contribution in [0.15, 0.2) is 36.8 Å². The molecule has 2 heterocycles. The molecule has 0 unspecified atom stereocenters. The van der Waals surface area contributed by atoms with Gasteiger partial charge >= 0.3 is 0 Å². The van der Waals surface area contributed by atoms with Gasteiger partial charge in [0.1, 0.15) is 0 Å². The fraction of sp³-hybridized carbons (Fsp3) is 0.267. The molecule has 3 aromatic rings. The van der Waals surface area contributed by atoms with E-state index in [9.17, 15) is 0 Å². The average Bonchev–Trinajstić information content (AvgIpc) is 2.84. The van der Waals surface area contributed by atoms with Gasteiger partial charge in [-0.25, -0.2) is 9.97 Å². The Kier molecular flexibility index (Phi) is 3.43. The highest BCUT2D eigenvalue weighted by atomic mass is 15.1. The molecule has 102 valence electrons. The lowest BCUT2D eigenvalue weighted by Crippen LogP contribution is -2.19. The second-order valence-corrected chi connectivity index (χ2v) is 5.00. The van der Waals surface area contributed by atoms with Crippen molar-refractivity contribution in [1.82, 2.24) is 24.8 Å². The van der Waals surface area contributed by atoms with Gasteiger partial charge in [-0.1, -0.05) is 12.1 Å². The highest BCUT2D eigenvalue weighted by Crippen LogP contribution is 2.11. The van der Waals surface area contributed by atoms with Gasteiger partial charge in [-0.2, -0.15) is 0 Å². The van der Waals surface area contributed by atoms with Gasteiger partial charge in [-0.3, -0.25) is 9.88 Å². The number of benzene rings is 1. The topological polar surface area (TPSA) is 57.7 Å². The summed E-state index contributed by atoms with van der Waals surface area (Å²) >= 11 is 0. The molecule has 0 aliphatic rings. The Morgan fingerprint density at radius 3 is 2.65 bits per heavy atom. The largest absolute Gasteiger partial charge is 0.348 e. The number of para-hydroxylation sites is 2. The van der Waals surface area contributed by atoms with E-state index in [1.54, 1.807) is 6.33 Å². The first-order valence-corrected chi connectivity index (χ1v) is 6.60. The van der Waals surface area contributed by atoms with Crippen LogP contribution in [0.2, 0.25) is 0 Å². The summed E-state index contributed by atoms with van der Waals surface area (Å²) in [5.41, 5.74) is 5.03. The molecule has 20 heavy (non-hydrogen) atoms. The number of imidazole rings is 1. The zero-order valence-electron chi connectivity index (χ0n) is 11.7. The maximum atomic E-state index is 4.63. The molecule has 0 spiro atoms. The number of nitrogens with zero attached hydrogens (tertiary/aromatic N) is 4. The minimum Gasteiger partial charge on any atom is -0.348 e. The third kappa shape index (κ3) is 2.67. The van der Waals surface area contributed by atoms with Crippen molar-refractivity contribution in [3.63, 3.8) is 0 Å². The van der Waals surface area contributed by atoms with Gasteiger partial charge in [0.2, 0.25) is 0 Å². The fourth-order valence-electron chi connectivity index (χ4n) is 2.21. The molecule has 0 saturated heterocycles. The van der Waals surface area contributed by atoms with Crippen LogP contribution in [0, 0.1) is 6.92 Å². The van der Waals surface area contributed by atoms with Crippen LogP contribution in [0.4, 0.5) is 0 Å². The van der Waals surface area contributed by atoms with E-state index >= 15 is 0 Å². The number of nitrogens with one attached hydrogen (secondary N) is 1. The lowest BCUT2D eigenvalue weighted by atomic mass is 10.3. The zero-order valence-corrected chi connectivity index (χ0v) is 11.7. The van der Waals surface area contributed by atoms with Crippen LogP contribution in [0.5, 0.6) is 0 Å². The molecular weight excluding hydrogens is 250 g/mol. The molecule has 2 aromatic heterocycles. The van der Waals surface area contributed by atoms with Crippen molar-refractivity contribution < 1.29 is 0 Å². The van der Waals surface area contributed by atoms with E-state index in [0.717, 1.165) is 41.2 Å². The molecule has 5 nitrogen and oxygen atoms in total. The number of aromatic nitrogens is 4. The molecule has 0 fully saturated rings. The quantitative estimate of drug-likeness (QED) is 0.788. The first-order chi connectivity index (χ1) is 9.72. The summed E-state index contributed by atoms with van der Waals surface area (Å²) in [6.07, 6.45) is 3.57. The Labute approximate surface area is 117 Å². The fourth-order valence-corrected chi connectivity index (χ4v) is 2.21. The van der Waals surface area contributed by atoms with Gasteiger partial charge in [0.25, 0.3) is 0 Å². The maximum absolute atomic E-state index is 4.63. The third-order valence-corrected chi connectivity index (χ3v) is 3.28. The van der Waals surface area contributed by atoms with Crippen molar-refractivity contribution in [1.29, 1.82) is 0 Å². The Morgan fingerprint density at radius 1 is 1.10 bits per heavy atom. The van der Waals surface area contributed by atoms with Crippen molar-refractivity contribution in [2.75, 3.05) is 7.05 Å². The first kappa shape index (κ1) is 12.7. The van der Waals surface area contributed by atoms with Crippen LogP contribution in [0.3, 0.4) is 0 Å². The molecule has 0 aliphatic carbocycles. The second kappa shape index (κ2) is 5.38. The van der Waals surface area contributed by atoms with Gasteiger partial charge in [0.15, 0.2) is 0 Å². The summed E-state index contributed by atoms with van der Waals surface area (Å²) in [5.74, 6) is 0. The summed E-state index contributed by atoms with van der Waals surface area (Å²) in [6.45, 7) is 3.58. The van der Waals surface area contributed by atoms with Crippen LogP contribution >= 0.6 is 0 Å². The number of H-pyrrole nitrogens is 1. The van der Waals surface area contributed by atoms with Crippen molar-refractivity contribution in [3.8, 4) is 0 Å². The highest BCUT2D eigenvalue weighted by molar-refractivity contribution is 5.73. The normalized spacial score (nSPS) is 11.3. The first-order valence-electron chi connectivity index (χ1n) is 6.60. The minimum absolute atomic E-state index is 0.754. The van der Waals surface area contributed by atoms with Crippen LogP contribution in [0.25, 0.3) is 11.0 Å². The van der Waals surface area contributed by atoms with Gasteiger partial charge in [0.05, 0.1) is 34.9 Å². The van der Waals surface area contributed by atoms with Crippen molar-refractivity contribution in [2.24, 2.45) is 0 Å². The molecule has 0 saturated carbocycles. The van der Waals surface area contributed by atoms with Gasteiger partial charge < -0.3 is 4.98 Å². The van der Waals surface area contributed by atoms with Crippen LogP contribution < -0.4 is 0 Å². The summed E-state index contributed by atoms with van der Waals surface area (Å²) < 4.78 is 0. The molecular formula is C15H17N5. The van der Waals surface area contributed by atoms with Crippen LogP contribution in [-0.2, 0) is 13.1 Å². The Balaban J connectivity index is 1.74. The summed E-state index contributed by atoms with van der Waals surface area (Å²) in [4.78, 5) is 18.7. The number of rotatable bonds is 4. The third-order valence-electron chi connectivity index (χ3n) is 3.28. The van der Waals surface area contributed by atoms with Gasteiger partial charge in [-0.05, 0) is 26.1 Å². The summed E-state index contributed by atoms with van der Waals surface area (Å²) in [7, 11) is 2.06. The van der Waals surface area contributed by atoms with Gasteiger partial charge in [-0.15, -0.1) is 0 Å². The predicted octanol–water partition coefficient (Wildman–Crippen LogP) is 2.29. The van der Waals surface area contributed by atoms with Crippen molar-refractivity contribution in [3.05, 3.63) is 53.9 Å². The summed E-state index contributed by atoms with van der Waals surface area (Å²) in [5, 5.41) is 0. The van der Waals surface area contributed by atoms with E-state index in [1.807, 2.05) is 37.4 Å². The molecule has 0 atom stereocenters. The molecule has 0 aliphatic heterocycles. The number of fused-ring (bicyclic) bond motifs is 1. The van der Waals surface area contributed by atoms with E-state index in [4.69, 9.17) is 0 Å². The van der Waals surface area contributed by atoms with E-state index in [1.165, 1.54) is 0 Å². The average molecular weight is 267 g/mol. The van der Waals surface area contributed by atoms with Gasteiger partial charge in [0, 0.05) is 18.8 Å². The predicted molar refractivity (Wildman–Crippen MR) is 78.0 cm³/mol. The minimum atomic E-state index is 0.754. The van der Waals surface area contributed by atoms with Crippen LogP contribution in [0.1, 0.15) is 17.1 Å². The molecule has 0 amide bonds. The number of hydrogen-bond donors (Lipinski definition) is 1.